The molecule has 3 atom stereocenters. The van der Waals surface area contributed by atoms with Gasteiger partial charge >= 0.3 is 0 Å². The summed E-state index contributed by atoms with van der Waals surface area (Å²) in [7, 11) is 1.78. The normalized spacial score (nSPS) is 27.2. The van der Waals surface area contributed by atoms with Crippen molar-refractivity contribution >= 4 is 29.9 Å². The van der Waals surface area contributed by atoms with E-state index >= 15 is 0 Å². The highest BCUT2D eigenvalue weighted by molar-refractivity contribution is 14.0. The summed E-state index contributed by atoms with van der Waals surface area (Å²) in [6, 6.07) is 5.11. The first-order valence-electron chi connectivity index (χ1n) is 11.6. The molecule has 1 aromatic heterocycles. The van der Waals surface area contributed by atoms with E-state index in [1.165, 1.54) is 38.5 Å². The molecule has 30 heavy (non-hydrogen) atoms. The largest absolute Gasteiger partial charge is 0.469 e. The van der Waals surface area contributed by atoms with E-state index in [2.05, 4.69) is 15.5 Å². The monoisotopic (exact) mass is 530 g/mol. The molecule has 3 aliphatic rings. The number of likely N-dealkylation sites (tertiary alicyclic amines) is 1. The maximum atomic E-state index is 5.47. The topological polar surface area (TPSA) is 62.0 Å². The molecular formula is C23H39IN4O2. The van der Waals surface area contributed by atoms with Gasteiger partial charge in [0.2, 0.25) is 0 Å². The van der Waals surface area contributed by atoms with E-state index in [9.17, 15) is 0 Å². The molecule has 2 aliphatic carbocycles. The zero-order valence-electron chi connectivity index (χ0n) is 18.4. The molecule has 2 N–H and O–H groups in total. The minimum absolute atomic E-state index is 0. The fraction of sp³-hybridized carbons (Fsp3) is 0.783. The maximum absolute atomic E-state index is 5.47. The molecule has 0 amide bonds. The molecule has 3 fully saturated rings. The van der Waals surface area contributed by atoms with Gasteiger partial charge in [-0.1, -0.05) is 6.42 Å². The highest BCUT2D eigenvalue weighted by Crippen LogP contribution is 2.44. The second-order valence-corrected chi connectivity index (χ2v) is 9.09. The molecule has 6 nitrogen and oxygen atoms in total. The molecule has 2 heterocycles. The third kappa shape index (κ3) is 6.85. The minimum atomic E-state index is 0. The standard InChI is InChI=1S/C23H38N4O2.HI/c1-28-14-3-11-27-12-8-20(9-13-27)25-23(24-10-7-21-4-2-15-29-21)26-22-17-18-5-6-19(22)16-18;/h2,4,15,18-20,22H,3,5-14,16-17H2,1H3,(H2,24,25,26);1H. The Labute approximate surface area is 198 Å². The number of fused-ring (bicyclic) bond motifs is 2. The number of rotatable bonds is 9. The zero-order valence-corrected chi connectivity index (χ0v) is 20.7. The summed E-state index contributed by atoms with van der Waals surface area (Å²) in [6.45, 7) is 5.09. The van der Waals surface area contributed by atoms with Crippen molar-refractivity contribution in [3.05, 3.63) is 24.2 Å². The summed E-state index contributed by atoms with van der Waals surface area (Å²) in [6.07, 6.45) is 11.6. The van der Waals surface area contributed by atoms with Crippen molar-refractivity contribution in [3.63, 3.8) is 0 Å². The van der Waals surface area contributed by atoms with Crippen LogP contribution in [0, 0.1) is 11.8 Å². The van der Waals surface area contributed by atoms with E-state index in [-0.39, 0.29) is 24.0 Å². The van der Waals surface area contributed by atoms with Crippen LogP contribution in [0.4, 0.5) is 0 Å². The van der Waals surface area contributed by atoms with Crippen LogP contribution in [0.15, 0.2) is 27.8 Å². The predicted molar refractivity (Wildman–Crippen MR) is 132 cm³/mol. The van der Waals surface area contributed by atoms with Crippen molar-refractivity contribution in [3.8, 4) is 0 Å². The molecule has 0 radical (unpaired) electrons. The van der Waals surface area contributed by atoms with Crippen molar-refractivity contribution in [1.29, 1.82) is 0 Å². The third-order valence-electron chi connectivity index (χ3n) is 7.02. The lowest BCUT2D eigenvalue weighted by Gasteiger charge is -2.34. The zero-order chi connectivity index (χ0) is 19.9. The first-order valence-corrected chi connectivity index (χ1v) is 11.6. The molecule has 2 bridgehead atoms. The number of furan rings is 1. The van der Waals surface area contributed by atoms with Crippen LogP contribution in [0.2, 0.25) is 0 Å². The van der Waals surface area contributed by atoms with Gasteiger partial charge in [-0.2, -0.15) is 0 Å². The molecule has 170 valence electrons. The van der Waals surface area contributed by atoms with E-state index in [4.69, 9.17) is 14.1 Å². The summed E-state index contributed by atoms with van der Waals surface area (Å²) < 4.78 is 10.7. The van der Waals surface area contributed by atoms with Gasteiger partial charge in [-0.15, -0.1) is 24.0 Å². The molecule has 2 saturated carbocycles. The Hall–Kier alpha value is -0.800. The van der Waals surface area contributed by atoms with Crippen LogP contribution in [0.5, 0.6) is 0 Å². The van der Waals surface area contributed by atoms with Gasteiger partial charge in [0.1, 0.15) is 5.76 Å². The molecule has 4 rings (SSSR count). The van der Waals surface area contributed by atoms with Crippen molar-refractivity contribution in [1.82, 2.24) is 15.5 Å². The van der Waals surface area contributed by atoms with Gasteiger partial charge in [0.25, 0.3) is 0 Å². The van der Waals surface area contributed by atoms with Gasteiger partial charge in [-0.25, -0.2) is 0 Å². The number of nitrogens with zero attached hydrogens (tertiary/aromatic N) is 2. The van der Waals surface area contributed by atoms with Gasteiger partial charge < -0.3 is 24.7 Å². The molecule has 0 spiro atoms. The molecule has 1 aliphatic heterocycles. The lowest BCUT2D eigenvalue weighted by Crippen LogP contribution is -2.52. The number of guanidine groups is 1. The number of methoxy groups -OCH3 is 1. The van der Waals surface area contributed by atoms with Crippen molar-refractivity contribution < 1.29 is 9.15 Å². The number of nitrogens with one attached hydrogen (secondary N) is 2. The molecule has 7 heteroatoms. The summed E-state index contributed by atoms with van der Waals surface area (Å²) >= 11 is 0. The van der Waals surface area contributed by atoms with Crippen LogP contribution in [0.1, 0.15) is 50.7 Å². The fourth-order valence-corrected chi connectivity index (χ4v) is 5.39. The number of halogens is 1. The number of ether oxygens (including phenoxy) is 1. The van der Waals surface area contributed by atoms with Crippen LogP contribution in [-0.4, -0.2) is 62.8 Å². The maximum Gasteiger partial charge on any atom is 0.191 e. The van der Waals surface area contributed by atoms with E-state index in [0.29, 0.717) is 12.1 Å². The SMILES string of the molecule is COCCCN1CCC(NC(=NCCc2ccco2)NC2CC3CCC2C3)CC1.I. The fourth-order valence-electron chi connectivity index (χ4n) is 5.39. The Kier molecular flexibility index (Phi) is 9.77. The Balaban J connectivity index is 0.00000256. The number of aliphatic imine (C=N–C) groups is 1. The van der Waals surface area contributed by atoms with E-state index < -0.39 is 0 Å². The minimum Gasteiger partial charge on any atom is -0.469 e. The lowest BCUT2D eigenvalue weighted by molar-refractivity contribution is 0.155. The van der Waals surface area contributed by atoms with Gasteiger partial charge in [-0.3, -0.25) is 4.99 Å². The van der Waals surface area contributed by atoms with Crippen molar-refractivity contribution in [2.24, 2.45) is 16.8 Å². The van der Waals surface area contributed by atoms with Gasteiger partial charge in [0.15, 0.2) is 5.96 Å². The second-order valence-electron chi connectivity index (χ2n) is 9.09. The third-order valence-corrected chi connectivity index (χ3v) is 7.02. The highest BCUT2D eigenvalue weighted by Gasteiger charge is 2.40. The number of hydrogen-bond acceptors (Lipinski definition) is 4. The van der Waals surface area contributed by atoms with Crippen molar-refractivity contribution in [2.45, 2.75) is 63.5 Å². The second kappa shape index (κ2) is 12.3. The predicted octanol–water partition coefficient (Wildman–Crippen LogP) is 3.66. The quantitative estimate of drug-likeness (QED) is 0.221. The summed E-state index contributed by atoms with van der Waals surface area (Å²) in [4.78, 5) is 7.49. The van der Waals surface area contributed by atoms with Gasteiger partial charge in [0, 0.05) is 58.4 Å². The molecule has 1 saturated heterocycles. The van der Waals surface area contributed by atoms with Crippen molar-refractivity contribution in [2.75, 3.05) is 39.9 Å². The van der Waals surface area contributed by atoms with E-state index in [0.717, 1.165) is 69.2 Å². The Bertz CT molecular complexity index is 631. The molecule has 3 unspecified atom stereocenters. The number of hydrogen-bond donors (Lipinski definition) is 2. The average molecular weight is 530 g/mol. The molecule has 0 aromatic carbocycles. The molecule has 1 aromatic rings. The lowest BCUT2D eigenvalue weighted by atomic mass is 9.95. The van der Waals surface area contributed by atoms with Crippen LogP contribution >= 0.6 is 24.0 Å². The van der Waals surface area contributed by atoms with E-state index in [1.807, 2.05) is 12.1 Å². The first-order chi connectivity index (χ1) is 14.3. The smallest absolute Gasteiger partial charge is 0.191 e. The summed E-state index contributed by atoms with van der Waals surface area (Å²) in [5.74, 6) is 3.82. The molecular weight excluding hydrogens is 491 g/mol. The summed E-state index contributed by atoms with van der Waals surface area (Å²) in [5.41, 5.74) is 0. The Morgan fingerprint density at radius 3 is 2.73 bits per heavy atom. The first kappa shape index (κ1) is 23.9. The van der Waals surface area contributed by atoms with E-state index in [1.54, 1.807) is 13.4 Å². The van der Waals surface area contributed by atoms with Gasteiger partial charge in [0.05, 0.1) is 6.26 Å². The van der Waals surface area contributed by atoms with Crippen LogP contribution < -0.4 is 10.6 Å². The van der Waals surface area contributed by atoms with Crippen LogP contribution in [0.3, 0.4) is 0 Å². The Morgan fingerprint density at radius 2 is 2.07 bits per heavy atom. The van der Waals surface area contributed by atoms with Crippen LogP contribution in [-0.2, 0) is 11.2 Å². The average Bonchev–Trinajstić information content (AvgIpc) is 3.48. The summed E-state index contributed by atoms with van der Waals surface area (Å²) in [5, 5.41) is 7.57. The van der Waals surface area contributed by atoms with Crippen LogP contribution in [0.25, 0.3) is 0 Å². The highest BCUT2D eigenvalue weighted by atomic mass is 127. The Morgan fingerprint density at radius 1 is 1.20 bits per heavy atom. The van der Waals surface area contributed by atoms with Gasteiger partial charge in [-0.05, 0) is 62.5 Å². The number of piperidine rings is 1.